The lowest BCUT2D eigenvalue weighted by molar-refractivity contribution is -0.115. The van der Waals surface area contributed by atoms with E-state index in [0.29, 0.717) is 46.7 Å². The van der Waals surface area contributed by atoms with Gasteiger partial charge in [-0.3, -0.25) is 4.79 Å². The van der Waals surface area contributed by atoms with Crippen molar-refractivity contribution in [3.05, 3.63) is 55.9 Å². The molecule has 3 aliphatic carbocycles. The molecular weight excluding hydrogens is 358 g/mol. The summed E-state index contributed by atoms with van der Waals surface area (Å²) < 4.78 is 14.7. The van der Waals surface area contributed by atoms with Crippen molar-refractivity contribution in [1.82, 2.24) is 0 Å². The number of benzene rings is 1. The molecule has 1 aromatic rings. The van der Waals surface area contributed by atoms with Crippen LogP contribution < -0.4 is 0 Å². The second-order valence-corrected chi connectivity index (χ2v) is 8.38. The molecule has 25 heavy (non-hydrogen) atoms. The van der Waals surface area contributed by atoms with E-state index in [1.165, 1.54) is 0 Å². The van der Waals surface area contributed by atoms with Crippen LogP contribution in [-0.4, -0.2) is 5.78 Å². The van der Waals surface area contributed by atoms with E-state index in [4.69, 9.17) is 23.2 Å². The monoisotopic (exact) mass is 378 g/mol. The number of ketones is 1. The van der Waals surface area contributed by atoms with Gasteiger partial charge < -0.3 is 0 Å². The van der Waals surface area contributed by atoms with E-state index in [-0.39, 0.29) is 11.6 Å². The normalized spacial score (nSPS) is 20.6. The van der Waals surface area contributed by atoms with Gasteiger partial charge in [-0.15, -0.1) is 0 Å². The van der Waals surface area contributed by atoms with Crippen molar-refractivity contribution in [3.63, 3.8) is 0 Å². The smallest absolute Gasteiger partial charge is 0.161 e. The number of carbonyl (C=O) groups excluding carboxylic acids is 1. The largest absolute Gasteiger partial charge is 0.294 e. The second kappa shape index (κ2) is 6.55. The van der Waals surface area contributed by atoms with E-state index in [0.717, 1.165) is 47.9 Å². The first-order valence-corrected chi connectivity index (χ1v) is 9.81. The third-order valence-corrected chi connectivity index (χ3v) is 6.50. The zero-order valence-electron chi connectivity index (χ0n) is 14.3. The second-order valence-electron chi connectivity index (χ2n) is 7.62. The van der Waals surface area contributed by atoms with Gasteiger partial charge >= 0.3 is 0 Å². The van der Waals surface area contributed by atoms with Gasteiger partial charge in [0.05, 0.1) is 10.1 Å². The van der Waals surface area contributed by atoms with Gasteiger partial charge in [0.25, 0.3) is 0 Å². The van der Waals surface area contributed by atoms with Crippen molar-refractivity contribution in [2.45, 2.75) is 63.7 Å². The molecule has 0 bridgehead atoms. The number of halogens is 3. The van der Waals surface area contributed by atoms with Gasteiger partial charge in [-0.05, 0) is 79.5 Å². The predicted molar refractivity (Wildman–Crippen MR) is 99.7 cm³/mol. The van der Waals surface area contributed by atoms with Crippen LogP contribution in [0.3, 0.4) is 0 Å². The molecule has 132 valence electrons. The van der Waals surface area contributed by atoms with E-state index in [1.54, 1.807) is 0 Å². The third kappa shape index (κ3) is 3.44. The van der Waals surface area contributed by atoms with Gasteiger partial charge in [-0.2, -0.15) is 0 Å². The lowest BCUT2D eigenvalue weighted by atomic mass is 9.95. The molecule has 0 spiro atoms. The van der Waals surface area contributed by atoms with Gasteiger partial charge in [0.1, 0.15) is 5.82 Å². The molecule has 0 saturated heterocycles. The summed E-state index contributed by atoms with van der Waals surface area (Å²) in [5.41, 5.74) is 4.38. The molecule has 2 fully saturated rings. The number of hydrogen-bond acceptors (Lipinski definition) is 1. The molecule has 1 nitrogen and oxygen atoms in total. The van der Waals surface area contributed by atoms with Crippen LogP contribution in [-0.2, 0) is 11.2 Å². The summed E-state index contributed by atoms with van der Waals surface area (Å²) in [5.74, 6) is 0.815. The molecule has 0 amide bonds. The van der Waals surface area contributed by atoms with Crippen LogP contribution in [0, 0.1) is 5.82 Å². The minimum absolute atomic E-state index is 0.00762. The Morgan fingerprint density at radius 2 is 1.64 bits per heavy atom. The Morgan fingerprint density at radius 1 is 1.08 bits per heavy atom. The number of aryl methyl sites for hydroxylation is 1. The Kier molecular flexibility index (Phi) is 4.54. The molecular formula is C21H21Cl2FO. The van der Waals surface area contributed by atoms with E-state index in [2.05, 4.69) is 0 Å². The first-order chi connectivity index (χ1) is 12.0. The molecule has 2 saturated carbocycles. The zero-order chi connectivity index (χ0) is 17.7. The summed E-state index contributed by atoms with van der Waals surface area (Å²) in [7, 11) is 0. The summed E-state index contributed by atoms with van der Waals surface area (Å²) >= 11 is 12.3. The minimum atomic E-state index is 0.00762. The Balaban J connectivity index is 1.51. The van der Waals surface area contributed by atoms with Gasteiger partial charge in [0.2, 0.25) is 0 Å². The van der Waals surface area contributed by atoms with Gasteiger partial charge in [0, 0.05) is 12.0 Å². The molecule has 3 aliphatic rings. The average Bonchev–Trinajstić information content (AvgIpc) is 3.48. The number of carbonyl (C=O) groups is 1. The van der Waals surface area contributed by atoms with Crippen LogP contribution in [0.15, 0.2) is 33.3 Å². The van der Waals surface area contributed by atoms with E-state index in [1.807, 2.05) is 19.1 Å². The van der Waals surface area contributed by atoms with Crippen LogP contribution in [0.1, 0.15) is 74.0 Å². The van der Waals surface area contributed by atoms with Crippen molar-refractivity contribution in [2.75, 3.05) is 0 Å². The summed E-state index contributed by atoms with van der Waals surface area (Å²) in [4.78, 5) is 12.5. The number of rotatable bonds is 6. The lowest BCUT2D eigenvalue weighted by Gasteiger charge is -2.11. The highest BCUT2D eigenvalue weighted by Gasteiger charge is 2.33. The lowest BCUT2D eigenvalue weighted by Crippen LogP contribution is -2.05. The number of Topliss-reactive ketones (excluding diaryl/α,β-unsaturated/α-hetero) is 1. The molecule has 0 aromatic heterocycles. The summed E-state index contributed by atoms with van der Waals surface area (Å²) in [6.07, 6.45) is 5.88. The van der Waals surface area contributed by atoms with Crippen LogP contribution in [0.25, 0.3) is 0 Å². The van der Waals surface area contributed by atoms with E-state index in [9.17, 15) is 9.18 Å². The van der Waals surface area contributed by atoms with Crippen LogP contribution in [0.2, 0.25) is 0 Å². The quantitative estimate of drug-likeness (QED) is 0.552. The topological polar surface area (TPSA) is 17.1 Å². The van der Waals surface area contributed by atoms with E-state index >= 15 is 0 Å². The molecule has 0 N–H and O–H groups in total. The van der Waals surface area contributed by atoms with Crippen molar-refractivity contribution in [1.29, 1.82) is 0 Å². The minimum Gasteiger partial charge on any atom is -0.294 e. The average molecular weight is 379 g/mol. The summed E-state index contributed by atoms with van der Waals surface area (Å²) in [6, 6.07) is 3.96. The highest BCUT2D eigenvalue weighted by molar-refractivity contribution is 6.46. The molecule has 0 heterocycles. The zero-order valence-corrected chi connectivity index (χ0v) is 15.8. The van der Waals surface area contributed by atoms with Crippen molar-refractivity contribution in [3.8, 4) is 0 Å². The summed E-state index contributed by atoms with van der Waals surface area (Å²) in [5, 5.41) is 0.916. The van der Waals surface area contributed by atoms with E-state index < -0.39 is 0 Å². The van der Waals surface area contributed by atoms with Crippen molar-refractivity contribution >= 4 is 29.0 Å². The number of allylic oxidation sites excluding steroid dienone is 4. The molecule has 0 radical (unpaired) electrons. The van der Waals surface area contributed by atoms with Gasteiger partial charge in [0.15, 0.2) is 5.78 Å². The standard InChI is InChI=1S/C21H21Cl2FO/c1-11-8-17(20(23)19(11)22)18(25)7-2-12-9-15(13-3-4-13)21(24)16(10-12)14-5-6-14/h9-10,13-14H,2-8H2,1H3. The van der Waals surface area contributed by atoms with Crippen LogP contribution in [0.4, 0.5) is 4.39 Å². The molecule has 0 unspecified atom stereocenters. The molecule has 4 heteroatoms. The maximum atomic E-state index is 14.7. The molecule has 4 rings (SSSR count). The summed E-state index contributed by atoms with van der Waals surface area (Å²) in [6.45, 7) is 1.90. The SMILES string of the molecule is CC1=C(Cl)C(Cl)=C(C(=O)CCc2cc(C3CC3)c(F)c(C3CC3)c2)C1. The Bertz CT molecular complexity index is 780. The van der Waals surface area contributed by atoms with Crippen molar-refractivity contribution in [2.24, 2.45) is 0 Å². The van der Waals surface area contributed by atoms with Gasteiger partial charge in [-0.25, -0.2) is 4.39 Å². The third-order valence-electron chi connectivity index (χ3n) is 5.47. The van der Waals surface area contributed by atoms with Crippen LogP contribution in [0.5, 0.6) is 0 Å². The van der Waals surface area contributed by atoms with Crippen LogP contribution >= 0.6 is 23.2 Å². The first kappa shape index (κ1) is 17.3. The molecule has 1 aromatic carbocycles. The molecule has 0 atom stereocenters. The maximum Gasteiger partial charge on any atom is 0.161 e. The van der Waals surface area contributed by atoms with Gasteiger partial charge in [-0.1, -0.05) is 35.3 Å². The Morgan fingerprint density at radius 3 is 2.08 bits per heavy atom. The molecule has 0 aliphatic heterocycles. The Hall–Kier alpha value is -1.12. The highest BCUT2D eigenvalue weighted by atomic mass is 35.5. The Labute approximate surface area is 157 Å². The maximum absolute atomic E-state index is 14.7. The highest BCUT2D eigenvalue weighted by Crippen LogP contribution is 2.47. The first-order valence-electron chi connectivity index (χ1n) is 9.05. The fourth-order valence-electron chi connectivity index (χ4n) is 3.63. The number of hydrogen-bond donors (Lipinski definition) is 0. The predicted octanol–water partition coefficient (Wildman–Crippen LogP) is 6.49. The fraction of sp³-hybridized carbons (Fsp3) is 0.476. The van der Waals surface area contributed by atoms with Crippen molar-refractivity contribution < 1.29 is 9.18 Å². The fourth-order valence-corrected chi connectivity index (χ4v) is 4.15.